The fraction of sp³-hybridized carbons (Fsp3) is 0.353. The van der Waals surface area contributed by atoms with E-state index < -0.39 is 5.82 Å². The van der Waals surface area contributed by atoms with Gasteiger partial charge >= 0.3 is 0 Å². The summed E-state index contributed by atoms with van der Waals surface area (Å²) in [7, 11) is 0. The molecular weight excluding hydrogens is 317 g/mol. The van der Waals surface area contributed by atoms with Crippen LogP contribution in [0.15, 0.2) is 36.7 Å². The molecule has 0 saturated carbocycles. The maximum Gasteiger partial charge on any atom is 0.142 e. The van der Waals surface area contributed by atoms with Crippen molar-refractivity contribution in [3.63, 3.8) is 0 Å². The first-order chi connectivity index (χ1) is 11.2. The summed E-state index contributed by atoms with van der Waals surface area (Å²) in [6, 6.07) is 6.77. The third-order valence-electron chi connectivity index (χ3n) is 3.81. The quantitative estimate of drug-likeness (QED) is 0.852. The van der Waals surface area contributed by atoms with Gasteiger partial charge in [-0.2, -0.15) is 0 Å². The summed E-state index contributed by atoms with van der Waals surface area (Å²) in [5.74, 6) is 0.406. The molecule has 1 aliphatic rings. The van der Waals surface area contributed by atoms with E-state index in [2.05, 4.69) is 15.6 Å². The van der Waals surface area contributed by atoms with Gasteiger partial charge in [0.15, 0.2) is 0 Å². The molecule has 0 spiro atoms. The van der Waals surface area contributed by atoms with Crippen LogP contribution in [0.3, 0.4) is 0 Å². The van der Waals surface area contributed by atoms with E-state index >= 15 is 0 Å². The van der Waals surface area contributed by atoms with Gasteiger partial charge in [0, 0.05) is 31.4 Å². The second-order valence-corrected chi connectivity index (χ2v) is 5.98. The van der Waals surface area contributed by atoms with Gasteiger partial charge in [0.25, 0.3) is 0 Å². The van der Waals surface area contributed by atoms with Crippen molar-refractivity contribution in [1.29, 1.82) is 0 Å². The Morgan fingerprint density at radius 2 is 2.26 bits per heavy atom. The van der Waals surface area contributed by atoms with Crippen LogP contribution in [0.1, 0.15) is 17.5 Å². The van der Waals surface area contributed by atoms with Crippen LogP contribution >= 0.6 is 11.6 Å². The minimum atomic E-state index is -0.396. The average molecular weight is 336 g/mol. The molecule has 0 radical (unpaired) electrons. The van der Waals surface area contributed by atoms with E-state index in [1.54, 1.807) is 18.5 Å². The lowest BCUT2D eigenvalue weighted by Gasteiger charge is -2.16. The first-order valence-electron chi connectivity index (χ1n) is 7.67. The van der Waals surface area contributed by atoms with Gasteiger partial charge in [-0.1, -0.05) is 17.7 Å². The summed E-state index contributed by atoms with van der Waals surface area (Å²) in [4.78, 5) is 4.14. The van der Waals surface area contributed by atoms with Crippen molar-refractivity contribution < 1.29 is 9.13 Å². The van der Waals surface area contributed by atoms with E-state index in [1.165, 1.54) is 6.07 Å². The van der Waals surface area contributed by atoms with Crippen molar-refractivity contribution in [2.45, 2.75) is 25.6 Å². The molecule has 3 rings (SSSR count). The lowest BCUT2D eigenvalue weighted by molar-refractivity contribution is 0.219. The molecule has 2 aromatic rings. The van der Waals surface area contributed by atoms with Crippen LogP contribution in [0.4, 0.5) is 4.39 Å². The first-order valence-corrected chi connectivity index (χ1v) is 8.05. The van der Waals surface area contributed by atoms with Crippen LogP contribution in [-0.2, 0) is 13.1 Å². The van der Waals surface area contributed by atoms with E-state index in [0.717, 1.165) is 36.4 Å². The number of pyridine rings is 1. The van der Waals surface area contributed by atoms with E-state index in [1.807, 2.05) is 12.1 Å². The molecule has 0 aliphatic carbocycles. The number of hydrogen-bond donors (Lipinski definition) is 2. The second kappa shape index (κ2) is 7.73. The number of halogens is 2. The molecule has 1 fully saturated rings. The molecule has 0 bridgehead atoms. The maximum absolute atomic E-state index is 13.4. The monoisotopic (exact) mass is 335 g/mol. The van der Waals surface area contributed by atoms with Gasteiger partial charge in [0.05, 0.1) is 11.2 Å². The Morgan fingerprint density at radius 3 is 3.04 bits per heavy atom. The van der Waals surface area contributed by atoms with Crippen LogP contribution in [0.25, 0.3) is 0 Å². The number of hydrogen-bond acceptors (Lipinski definition) is 4. The Labute approximate surface area is 140 Å². The topological polar surface area (TPSA) is 46.2 Å². The van der Waals surface area contributed by atoms with Crippen LogP contribution in [0, 0.1) is 5.82 Å². The fourth-order valence-corrected chi connectivity index (χ4v) is 2.68. The highest BCUT2D eigenvalue weighted by Crippen LogP contribution is 2.20. The van der Waals surface area contributed by atoms with Crippen molar-refractivity contribution in [3.8, 4) is 5.75 Å². The zero-order chi connectivity index (χ0) is 16.1. The third-order valence-corrected chi connectivity index (χ3v) is 4.11. The lowest BCUT2D eigenvalue weighted by Crippen LogP contribution is -2.21. The molecule has 2 heterocycles. The standard InChI is InChI=1S/C17H19ClFN3O/c18-15-2-1-12(7-16(15)19)8-22-9-13-3-5-21-11-17(13)23-14-4-6-20-10-14/h1-3,5,7,11,14,20,22H,4,6,8-10H2/t14-/m0/s1. The Hall–Kier alpha value is -1.69. The number of nitrogens with zero attached hydrogens (tertiary/aromatic N) is 1. The summed E-state index contributed by atoms with van der Waals surface area (Å²) < 4.78 is 19.4. The van der Waals surface area contributed by atoms with Crippen molar-refractivity contribution in [2.24, 2.45) is 0 Å². The van der Waals surface area contributed by atoms with Gasteiger partial charge in [-0.25, -0.2) is 4.39 Å². The molecule has 1 aromatic carbocycles. The molecule has 1 aromatic heterocycles. The van der Waals surface area contributed by atoms with Crippen LogP contribution < -0.4 is 15.4 Å². The van der Waals surface area contributed by atoms with E-state index in [4.69, 9.17) is 16.3 Å². The number of rotatable bonds is 6. The third kappa shape index (κ3) is 4.41. The SMILES string of the molecule is Fc1cc(CNCc2ccncc2O[C@H]2CCNC2)ccc1Cl. The molecular formula is C17H19ClFN3O. The largest absolute Gasteiger partial charge is 0.487 e. The Bertz CT molecular complexity index is 662. The number of nitrogens with one attached hydrogen (secondary N) is 2. The van der Waals surface area contributed by atoms with Gasteiger partial charge in [-0.05, 0) is 36.7 Å². The van der Waals surface area contributed by atoms with Gasteiger partial charge in [0.1, 0.15) is 17.7 Å². The van der Waals surface area contributed by atoms with E-state index in [-0.39, 0.29) is 11.1 Å². The highest BCUT2D eigenvalue weighted by Gasteiger charge is 2.17. The molecule has 0 amide bonds. The summed E-state index contributed by atoms with van der Waals surface area (Å²) in [6.45, 7) is 3.04. The van der Waals surface area contributed by atoms with Crippen molar-refractivity contribution >= 4 is 11.6 Å². The molecule has 0 unspecified atom stereocenters. The summed E-state index contributed by atoms with van der Waals surface area (Å²) in [5, 5.41) is 6.72. The average Bonchev–Trinajstić information content (AvgIpc) is 3.05. The highest BCUT2D eigenvalue weighted by molar-refractivity contribution is 6.30. The van der Waals surface area contributed by atoms with Gasteiger partial charge in [-0.15, -0.1) is 0 Å². The highest BCUT2D eigenvalue weighted by atomic mass is 35.5. The Morgan fingerprint density at radius 1 is 1.35 bits per heavy atom. The minimum Gasteiger partial charge on any atom is -0.487 e. The van der Waals surface area contributed by atoms with Crippen molar-refractivity contribution in [2.75, 3.05) is 13.1 Å². The Kier molecular flexibility index (Phi) is 5.43. The predicted octanol–water partition coefficient (Wildman–Crippen LogP) is 2.90. The van der Waals surface area contributed by atoms with Crippen molar-refractivity contribution in [3.05, 3.63) is 58.6 Å². The smallest absolute Gasteiger partial charge is 0.142 e. The fourth-order valence-electron chi connectivity index (χ4n) is 2.56. The van der Waals surface area contributed by atoms with Crippen molar-refractivity contribution in [1.82, 2.24) is 15.6 Å². The minimum absolute atomic E-state index is 0.142. The maximum atomic E-state index is 13.4. The molecule has 1 saturated heterocycles. The molecule has 23 heavy (non-hydrogen) atoms. The summed E-state index contributed by atoms with van der Waals surface area (Å²) in [6.07, 6.45) is 4.70. The zero-order valence-corrected chi connectivity index (χ0v) is 13.4. The number of ether oxygens (including phenoxy) is 1. The first kappa shape index (κ1) is 16.2. The van der Waals surface area contributed by atoms with E-state index in [0.29, 0.717) is 13.1 Å². The Balaban J connectivity index is 1.58. The van der Waals surface area contributed by atoms with Crippen LogP contribution in [0.2, 0.25) is 5.02 Å². The molecule has 1 aliphatic heterocycles. The summed E-state index contributed by atoms with van der Waals surface area (Å²) in [5.41, 5.74) is 1.89. The molecule has 2 N–H and O–H groups in total. The summed E-state index contributed by atoms with van der Waals surface area (Å²) >= 11 is 5.69. The van der Waals surface area contributed by atoms with Crippen LogP contribution in [-0.4, -0.2) is 24.2 Å². The molecule has 122 valence electrons. The lowest BCUT2D eigenvalue weighted by atomic mass is 10.2. The van der Waals surface area contributed by atoms with Gasteiger partial charge in [0.2, 0.25) is 0 Å². The predicted molar refractivity (Wildman–Crippen MR) is 88.1 cm³/mol. The second-order valence-electron chi connectivity index (χ2n) is 5.57. The van der Waals surface area contributed by atoms with E-state index in [9.17, 15) is 4.39 Å². The normalized spacial score (nSPS) is 17.4. The molecule has 1 atom stereocenters. The number of aromatic nitrogens is 1. The van der Waals surface area contributed by atoms with Gasteiger partial charge in [-0.3, -0.25) is 4.98 Å². The molecule has 4 nitrogen and oxygen atoms in total. The van der Waals surface area contributed by atoms with Gasteiger partial charge < -0.3 is 15.4 Å². The van der Waals surface area contributed by atoms with Crippen LogP contribution in [0.5, 0.6) is 5.75 Å². The molecule has 6 heteroatoms. The number of benzene rings is 1. The zero-order valence-electron chi connectivity index (χ0n) is 12.7.